The van der Waals surface area contributed by atoms with E-state index in [0.717, 1.165) is 0 Å². The lowest BCUT2D eigenvalue weighted by Gasteiger charge is -2.50. The third kappa shape index (κ3) is 4.99. The van der Waals surface area contributed by atoms with E-state index in [1.54, 1.807) is 30.3 Å². The molecule has 6 atom stereocenters. The molecule has 0 radical (unpaired) electrons. The van der Waals surface area contributed by atoms with Gasteiger partial charge in [-0.05, 0) is 12.1 Å². The summed E-state index contributed by atoms with van der Waals surface area (Å²) in [6, 6.07) is 12.3. The molecular weight excluding hydrogens is 547 g/mol. The molecule has 3 aliphatic rings. The van der Waals surface area contributed by atoms with Gasteiger partial charge in [-0.3, -0.25) is 18.7 Å². The zero-order chi connectivity index (χ0) is 27.9. The number of amides is 2. The SMILES string of the molecule is C=CCO[C@@H]1O[C@@H]2COC(c3ccccc3)O[C@H]2[C@H](OS(=O)(=O)C(F)(F)F)[C@H]1N1C(=O)c2ccccc2C1=O. The second-order valence-electron chi connectivity index (χ2n) is 8.82. The number of hydrogen-bond acceptors (Lipinski definition) is 9. The molecule has 2 saturated heterocycles. The molecule has 2 aromatic rings. The van der Waals surface area contributed by atoms with Crippen molar-refractivity contribution in [2.24, 2.45) is 0 Å². The van der Waals surface area contributed by atoms with E-state index < -0.39 is 64.4 Å². The van der Waals surface area contributed by atoms with E-state index in [1.165, 1.54) is 30.3 Å². The summed E-state index contributed by atoms with van der Waals surface area (Å²) < 4.78 is 93.0. The van der Waals surface area contributed by atoms with Crippen molar-refractivity contribution in [2.75, 3.05) is 13.2 Å². The van der Waals surface area contributed by atoms with Crippen LogP contribution in [0.1, 0.15) is 32.6 Å². The smallest absolute Gasteiger partial charge is 0.346 e. The summed E-state index contributed by atoms with van der Waals surface area (Å²) in [5, 5.41) is 0. The summed E-state index contributed by atoms with van der Waals surface area (Å²) in [6.07, 6.45) is -6.23. The Balaban J connectivity index is 1.60. The van der Waals surface area contributed by atoms with Crippen molar-refractivity contribution in [2.45, 2.75) is 42.4 Å². The predicted molar refractivity (Wildman–Crippen MR) is 125 cm³/mol. The van der Waals surface area contributed by atoms with Crippen molar-refractivity contribution < 1.29 is 54.3 Å². The van der Waals surface area contributed by atoms with Gasteiger partial charge in [0.1, 0.15) is 24.4 Å². The molecule has 0 bridgehead atoms. The van der Waals surface area contributed by atoms with Crippen molar-refractivity contribution in [1.29, 1.82) is 0 Å². The number of benzene rings is 2. The topological polar surface area (TPSA) is 118 Å². The number of hydrogen-bond donors (Lipinski definition) is 0. The minimum atomic E-state index is -6.24. The fourth-order valence-electron chi connectivity index (χ4n) is 4.70. The monoisotopic (exact) mass is 569 g/mol. The van der Waals surface area contributed by atoms with E-state index in [1.807, 2.05) is 0 Å². The molecule has 208 valence electrons. The summed E-state index contributed by atoms with van der Waals surface area (Å²) in [7, 11) is -6.24. The first kappa shape index (κ1) is 27.4. The Labute approximate surface area is 221 Å². The minimum absolute atomic E-state index is 0.0282. The number of fused-ring (bicyclic) bond motifs is 2. The first-order chi connectivity index (χ1) is 18.5. The van der Waals surface area contributed by atoms with Gasteiger partial charge >= 0.3 is 15.6 Å². The van der Waals surface area contributed by atoms with Crippen molar-refractivity contribution in [1.82, 2.24) is 4.90 Å². The van der Waals surface area contributed by atoms with Gasteiger partial charge < -0.3 is 18.9 Å². The fourth-order valence-corrected chi connectivity index (χ4v) is 5.32. The highest BCUT2D eigenvalue weighted by Gasteiger charge is 2.60. The van der Waals surface area contributed by atoms with Gasteiger partial charge in [-0.15, -0.1) is 6.58 Å². The summed E-state index contributed by atoms with van der Waals surface area (Å²) >= 11 is 0. The third-order valence-electron chi connectivity index (χ3n) is 6.40. The van der Waals surface area contributed by atoms with Crippen molar-refractivity contribution in [3.8, 4) is 0 Å². The van der Waals surface area contributed by atoms with E-state index in [2.05, 4.69) is 6.58 Å². The van der Waals surface area contributed by atoms with E-state index in [-0.39, 0.29) is 24.3 Å². The fraction of sp³-hybridized carbons (Fsp3) is 0.360. The van der Waals surface area contributed by atoms with Crippen LogP contribution in [0.4, 0.5) is 13.2 Å². The van der Waals surface area contributed by atoms with Crippen LogP contribution in [0.3, 0.4) is 0 Å². The van der Waals surface area contributed by atoms with Gasteiger partial charge in [0, 0.05) is 5.56 Å². The van der Waals surface area contributed by atoms with Gasteiger partial charge in [0.05, 0.1) is 24.3 Å². The molecule has 2 fully saturated rings. The van der Waals surface area contributed by atoms with Crippen molar-refractivity contribution in [3.63, 3.8) is 0 Å². The van der Waals surface area contributed by atoms with Crippen LogP contribution >= 0.6 is 0 Å². The van der Waals surface area contributed by atoms with Crippen LogP contribution in [0.5, 0.6) is 0 Å². The van der Waals surface area contributed by atoms with Gasteiger partial charge in [0.25, 0.3) is 11.8 Å². The lowest BCUT2D eigenvalue weighted by Crippen LogP contribution is -2.68. The Kier molecular flexibility index (Phi) is 7.35. The number of carbonyl (C=O) groups excluding carboxylic acids is 2. The molecule has 0 spiro atoms. The molecule has 10 nitrogen and oxygen atoms in total. The number of nitrogens with zero attached hydrogens (tertiary/aromatic N) is 1. The first-order valence-electron chi connectivity index (χ1n) is 11.7. The summed E-state index contributed by atoms with van der Waals surface area (Å²) in [6.45, 7) is 3.05. The Morgan fingerprint density at radius 1 is 1.00 bits per heavy atom. The van der Waals surface area contributed by atoms with Crippen LogP contribution in [-0.4, -0.2) is 74.5 Å². The van der Waals surface area contributed by atoms with Gasteiger partial charge in [-0.1, -0.05) is 48.5 Å². The average molecular weight is 570 g/mol. The van der Waals surface area contributed by atoms with Crippen LogP contribution in [0, 0.1) is 0 Å². The van der Waals surface area contributed by atoms with Crippen LogP contribution in [-0.2, 0) is 33.2 Å². The second-order valence-corrected chi connectivity index (χ2v) is 10.4. The first-order valence-corrected chi connectivity index (χ1v) is 13.1. The molecule has 1 unspecified atom stereocenters. The van der Waals surface area contributed by atoms with Gasteiger partial charge in [-0.2, -0.15) is 21.6 Å². The van der Waals surface area contributed by atoms with E-state index >= 15 is 0 Å². The Hall–Kier alpha value is -3.14. The average Bonchev–Trinajstić information content (AvgIpc) is 3.16. The highest BCUT2D eigenvalue weighted by molar-refractivity contribution is 7.87. The number of halogens is 3. The molecule has 0 aromatic heterocycles. The molecule has 5 rings (SSSR count). The van der Waals surface area contributed by atoms with Gasteiger partial charge in [-0.25, -0.2) is 0 Å². The number of rotatable bonds is 7. The quantitative estimate of drug-likeness (QED) is 0.215. The number of carbonyl (C=O) groups is 2. The predicted octanol–water partition coefficient (Wildman–Crippen LogP) is 2.93. The highest BCUT2D eigenvalue weighted by atomic mass is 32.2. The van der Waals surface area contributed by atoms with Crippen molar-refractivity contribution >= 4 is 21.9 Å². The highest BCUT2D eigenvalue weighted by Crippen LogP contribution is 2.41. The maximum Gasteiger partial charge on any atom is 0.523 e. The molecular formula is C25H22F3NO9S. The van der Waals surface area contributed by atoms with Gasteiger partial charge in [0.2, 0.25) is 0 Å². The van der Waals surface area contributed by atoms with Gasteiger partial charge in [0.15, 0.2) is 12.6 Å². The lowest BCUT2D eigenvalue weighted by atomic mass is 9.94. The van der Waals surface area contributed by atoms with Crippen LogP contribution < -0.4 is 0 Å². The molecule has 14 heteroatoms. The summed E-state index contributed by atoms with van der Waals surface area (Å²) in [5.74, 6) is -1.78. The molecule has 3 heterocycles. The zero-order valence-electron chi connectivity index (χ0n) is 20.0. The maximum atomic E-state index is 13.5. The van der Waals surface area contributed by atoms with E-state index in [4.69, 9.17) is 23.1 Å². The molecule has 39 heavy (non-hydrogen) atoms. The minimum Gasteiger partial charge on any atom is -0.346 e. The van der Waals surface area contributed by atoms with E-state index in [0.29, 0.717) is 10.5 Å². The Morgan fingerprint density at radius 3 is 2.21 bits per heavy atom. The van der Waals surface area contributed by atoms with Crippen LogP contribution in [0.25, 0.3) is 0 Å². The van der Waals surface area contributed by atoms with Crippen molar-refractivity contribution in [3.05, 3.63) is 83.9 Å². The number of alkyl halides is 3. The normalized spacial score (nSPS) is 29.2. The third-order valence-corrected chi connectivity index (χ3v) is 7.44. The number of ether oxygens (including phenoxy) is 4. The maximum absolute atomic E-state index is 13.5. The van der Waals surface area contributed by atoms with E-state index in [9.17, 15) is 31.2 Å². The standard InChI is InChI=1S/C25H22F3NO9S/c1-2-12-34-24-18(29-21(30)15-10-6-7-11-16(15)22(29)31)20(38-39(32,33)25(26,27)28)19-17(36-24)13-35-23(37-19)14-8-4-3-5-9-14/h2-11,17-20,23-24H,1,12-13H2/t17-,18-,19-,20-,23?,24-/m1/s1. The summed E-state index contributed by atoms with van der Waals surface area (Å²) in [5.41, 5.74) is -5.38. The second kappa shape index (κ2) is 10.4. The van der Waals surface area contributed by atoms with Crippen LogP contribution in [0.15, 0.2) is 67.3 Å². The molecule has 0 N–H and O–H groups in total. The molecule has 0 aliphatic carbocycles. The molecule has 3 aliphatic heterocycles. The zero-order valence-corrected chi connectivity index (χ0v) is 20.8. The number of imide groups is 1. The molecule has 2 amide bonds. The summed E-state index contributed by atoms with van der Waals surface area (Å²) in [4.78, 5) is 27.3. The largest absolute Gasteiger partial charge is 0.523 e. The molecule has 2 aromatic carbocycles. The molecule has 0 saturated carbocycles. The Morgan fingerprint density at radius 2 is 1.62 bits per heavy atom. The Bertz CT molecular complexity index is 1330. The lowest BCUT2D eigenvalue weighted by molar-refractivity contribution is -0.345. The van der Waals surface area contributed by atoms with Crippen LogP contribution in [0.2, 0.25) is 0 Å².